The average molecular weight is 431 g/mol. The third-order valence-electron chi connectivity index (χ3n) is 6.01. The van der Waals surface area contributed by atoms with Crippen LogP contribution in [0.15, 0.2) is 78.9 Å². The lowest BCUT2D eigenvalue weighted by Gasteiger charge is -2.29. The molecule has 6 heteroatoms. The monoisotopic (exact) mass is 430 g/mol. The molecule has 2 amide bonds. The van der Waals surface area contributed by atoms with Crippen LogP contribution in [0.1, 0.15) is 41.5 Å². The number of aliphatic hydroxyl groups excluding tert-OH is 1. The fourth-order valence-electron chi connectivity index (χ4n) is 4.43. The number of carbonyl (C=O) groups is 2. The molecule has 1 aliphatic rings. The summed E-state index contributed by atoms with van der Waals surface area (Å²) in [6.45, 7) is 0. The van der Waals surface area contributed by atoms with Crippen LogP contribution in [0.4, 0.5) is 0 Å². The molecule has 3 aromatic rings. The number of carbonyl (C=O) groups excluding carboxylic acids is 2. The molecular weight excluding hydrogens is 404 g/mol. The SMILES string of the molecule is O=C(CCC(=O)NC(c1ccc(-c2ccccc2)cc1)[C@@H]1c2ccccc2C[C@H]1O)NO. The van der Waals surface area contributed by atoms with Gasteiger partial charge in [0.05, 0.1) is 12.1 Å². The van der Waals surface area contributed by atoms with Gasteiger partial charge in [-0.3, -0.25) is 14.8 Å². The molecule has 1 aliphatic carbocycles. The largest absolute Gasteiger partial charge is 0.392 e. The lowest BCUT2D eigenvalue weighted by atomic mass is 9.86. The molecule has 1 unspecified atom stereocenters. The number of benzene rings is 3. The van der Waals surface area contributed by atoms with Gasteiger partial charge in [0, 0.05) is 18.8 Å². The molecule has 0 heterocycles. The van der Waals surface area contributed by atoms with E-state index in [0.717, 1.165) is 27.8 Å². The minimum Gasteiger partial charge on any atom is -0.392 e. The maximum absolute atomic E-state index is 12.7. The van der Waals surface area contributed by atoms with Crippen molar-refractivity contribution in [1.29, 1.82) is 0 Å². The summed E-state index contributed by atoms with van der Waals surface area (Å²) in [6.07, 6.45) is -0.282. The van der Waals surface area contributed by atoms with E-state index in [1.807, 2.05) is 78.9 Å². The zero-order chi connectivity index (χ0) is 22.5. The molecule has 4 N–H and O–H groups in total. The Morgan fingerprint density at radius 3 is 2.19 bits per heavy atom. The van der Waals surface area contributed by atoms with E-state index in [9.17, 15) is 14.7 Å². The van der Waals surface area contributed by atoms with Gasteiger partial charge in [-0.2, -0.15) is 0 Å². The summed E-state index contributed by atoms with van der Waals surface area (Å²) in [5.74, 6) is -1.23. The van der Waals surface area contributed by atoms with Crippen molar-refractivity contribution in [1.82, 2.24) is 10.8 Å². The number of fused-ring (bicyclic) bond motifs is 1. The second kappa shape index (κ2) is 9.77. The fourth-order valence-corrected chi connectivity index (χ4v) is 4.43. The zero-order valence-electron chi connectivity index (χ0n) is 17.6. The number of hydrogen-bond donors (Lipinski definition) is 4. The molecule has 3 atom stereocenters. The summed E-state index contributed by atoms with van der Waals surface area (Å²) in [5.41, 5.74) is 6.68. The van der Waals surface area contributed by atoms with E-state index in [4.69, 9.17) is 5.21 Å². The second-order valence-electron chi connectivity index (χ2n) is 8.06. The topological polar surface area (TPSA) is 98.7 Å². The van der Waals surface area contributed by atoms with Crippen molar-refractivity contribution in [3.63, 3.8) is 0 Å². The molecule has 0 aromatic heterocycles. The van der Waals surface area contributed by atoms with Crippen molar-refractivity contribution in [2.45, 2.75) is 37.3 Å². The third-order valence-corrected chi connectivity index (χ3v) is 6.01. The number of amides is 2. The molecule has 0 saturated carbocycles. The van der Waals surface area contributed by atoms with Crippen LogP contribution in [-0.4, -0.2) is 28.2 Å². The van der Waals surface area contributed by atoms with E-state index in [-0.39, 0.29) is 24.7 Å². The molecule has 164 valence electrons. The van der Waals surface area contributed by atoms with Gasteiger partial charge in [-0.25, -0.2) is 5.48 Å². The van der Waals surface area contributed by atoms with E-state index in [1.54, 1.807) is 5.48 Å². The van der Waals surface area contributed by atoms with Crippen molar-refractivity contribution in [3.05, 3.63) is 95.6 Å². The number of rotatable bonds is 7. The number of nitrogens with one attached hydrogen (secondary N) is 2. The Balaban J connectivity index is 1.63. The highest BCUT2D eigenvalue weighted by Crippen LogP contribution is 2.42. The molecule has 4 rings (SSSR count). The number of aliphatic hydroxyl groups is 1. The quantitative estimate of drug-likeness (QED) is 0.341. The maximum Gasteiger partial charge on any atom is 0.243 e. The maximum atomic E-state index is 12.7. The van der Waals surface area contributed by atoms with Gasteiger partial charge in [0.2, 0.25) is 11.8 Å². The predicted molar refractivity (Wildman–Crippen MR) is 121 cm³/mol. The molecule has 0 spiro atoms. The van der Waals surface area contributed by atoms with Crippen LogP contribution in [0, 0.1) is 0 Å². The van der Waals surface area contributed by atoms with Gasteiger partial charge in [0.15, 0.2) is 0 Å². The van der Waals surface area contributed by atoms with Crippen LogP contribution in [-0.2, 0) is 16.0 Å². The summed E-state index contributed by atoms with van der Waals surface area (Å²) in [4.78, 5) is 24.0. The van der Waals surface area contributed by atoms with E-state index in [0.29, 0.717) is 6.42 Å². The van der Waals surface area contributed by atoms with Gasteiger partial charge in [0.25, 0.3) is 0 Å². The minimum atomic E-state index is -0.632. The zero-order valence-corrected chi connectivity index (χ0v) is 17.6. The molecule has 32 heavy (non-hydrogen) atoms. The highest BCUT2D eigenvalue weighted by molar-refractivity contribution is 5.83. The first-order valence-corrected chi connectivity index (χ1v) is 10.7. The number of hydroxylamine groups is 1. The predicted octanol–water partition coefficient (Wildman–Crippen LogP) is 3.50. The van der Waals surface area contributed by atoms with Gasteiger partial charge in [-0.05, 0) is 34.2 Å². The Morgan fingerprint density at radius 1 is 0.844 bits per heavy atom. The molecule has 0 radical (unpaired) electrons. The highest BCUT2D eigenvalue weighted by Gasteiger charge is 2.38. The summed E-state index contributed by atoms with van der Waals surface area (Å²) >= 11 is 0. The molecule has 0 bridgehead atoms. The fraction of sp³-hybridized carbons (Fsp3) is 0.231. The molecule has 3 aromatic carbocycles. The first kappa shape index (κ1) is 21.7. The Hall–Kier alpha value is -3.48. The standard InChI is InChI=1S/C26H26N2O4/c29-22-16-20-8-4-5-9-21(20)25(22)26(27-23(30)14-15-24(31)28-32)19-12-10-18(11-13-19)17-6-2-1-3-7-17/h1-13,22,25-26,29,32H,14-16H2,(H,27,30)(H,28,31)/t22-,25-,26?/m1/s1. The first-order valence-electron chi connectivity index (χ1n) is 10.7. The molecule has 6 nitrogen and oxygen atoms in total. The van der Waals surface area contributed by atoms with Crippen molar-refractivity contribution in [3.8, 4) is 11.1 Å². The van der Waals surface area contributed by atoms with Gasteiger partial charge in [-0.15, -0.1) is 0 Å². The van der Waals surface area contributed by atoms with Crippen molar-refractivity contribution in [2.24, 2.45) is 0 Å². The summed E-state index contributed by atoms with van der Waals surface area (Å²) in [5, 5.41) is 22.6. The van der Waals surface area contributed by atoms with Crippen LogP contribution in [0.25, 0.3) is 11.1 Å². The Labute approximate surface area is 186 Å². The first-order chi connectivity index (χ1) is 15.6. The van der Waals surface area contributed by atoms with Crippen molar-refractivity contribution >= 4 is 11.8 Å². The molecule has 0 fully saturated rings. The third kappa shape index (κ3) is 4.72. The number of hydrogen-bond acceptors (Lipinski definition) is 4. The van der Waals surface area contributed by atoms with Gasteiger partial charge < -0.3 is 10.4 Å². The summed E-state index contributed by atoms with van der Waals surface area (Å²) in [7, 11) is 0. The Bertz CT molecular complexity index is 1080. The normalized spacial score (nSPS) is 17.9. The lowest BCUT2D eigenvalue weighted by molar-refractivity contribution is -0.132. The van der Waals surface area contributed by atoms with E-state index in [2.05, 4.69) is 5.32 Å². The van der Waals surface area contributed by atoms with E-state index >= 15 is 0 Å². The Kier molecular flexibility index (Phi) is 6.63. The van der Waals surface area contributed by atoms with Gasteiger partial charge in [-0.1, -0.05) is 78.9 Å². The van der Waals surface area contributed by atoms with Crippen LogP contribution in [0.5, 0.6) is 0 Å². The minimum absolute atomic E-state index is 0.0601. The highest BCUT2D eigenvalue weighted by atomic mass is 16.5. The summed E-state index contributed by atoms with van der Waals surface area (Å²) in [6, 6.07) is 25.4. The second-order valence-corrected chi connectivity index (χ2v) is 8.06. The summed E-state index contributed by atoms with van der Waals surface area (Å²) < 4.78 is 0. The van der Waals surface area contributed by atoms with E-state index in [1.165, 1.54) is 0 Å². The Morgan fingerprint density at radius 2 is 1.47 bits per heavy atom. The van der Waals surface area contributed by atoms with E-state index < -0.39 is 18.1 Å². The van der Waals surface area contributed by atoms with Crippen LogP contribution >= 0.6 is 0 Å². The van der Waals surface area contributed by atoms with Crippen molar-refractivity contribution in [2.75, 3.05) is 0 Å². The van der Waals surface area contributed by atoms with Gasteiger partial charge in [0.1, 0.15) is 0 Å². The van der Waals surface area contributed by atoms with Crippen LogP contribution < -0.4 is 10.8 Å². The smallest absolute Gasteiger partial charge is 0.243 e. The lowest BCUT2D eigenvalue weighted by Crippen LogP contribution is -2.36. The molecule has 0 saturated heterocycles. The van der Waals surface area contributed by atoms with Gasteiger partial charge >= 0.3 is 0 Å². The van der Waals surface area contributed by atoms with Crippen LogP contribution in [0.2, 0.25) is 0 Å². The molecular formula is C26H26N2O4. The van der Waals surface area contributed by atoms with Crippen molar-refractivity contribution < 1.29 is 19.9 Å². The average Bonchev–Trinajstić information content (AvgIpc) is 3.17. The van der Waals surface area contributed by atoms with Crippen LogP contribution in [0.3, 0.4) is 0 Å². The molecule has 0 aliphatic heterocycles.